The second-order valence-electron chi connectivity index (χ2n) is 5.12. The maximum Gasteiger partial charge on any atom is 0.0524 e. The number of hydrogen-bond acceptors (Lipinski definition) is 4. The Morgan fingerprint density at radius 1 is 1.35 bits per heavy atom. The van der Waals surface area contributed by atoms with Crippen molar-refractivity contribution in [3.05, 3.63) is 48.0 Å². The molecule has 1 aliphatic heterocycles. The summed E-state index contributed by atoms with van der Waals surface area (Å²) < 4.78 is 2.07. The van der Waals surface area contributed by atoms with Crippen molar-refractivity contribution in [1.82, 2.24) is 25.0 Å². The Bertz CT molecular complexity index is 536. The van der Waals surface area contributed by atoms with E-state index in [1.165, 1.54) is 11.3 Å². The first-order valence-corrected chi connectivity index (χ1v) is 7.24. The zero-order valence-electron chi connectivity index (χ0n) is 11.9. The molecule has 0 saturated carbocycles. The Labute approximate surface area is 119 Å². The molecule has 2 aromatic heterocycles. The molecule has 0 radical (unpaired) electrons. The van der Waals surface area contributed by atoms with Crippen LogP contribution in [0.4, 0.5) is 0 Å². The van der Waals surface area contributed by atoms with E-state index in [-0.39, 0.29) is 0 Å². The van der Waals surface area contributed by atoms with Crippen molar-refractivity contribution >= 4 is 0 Å². The van der Waals surface area contributed by atoms with Gasteiger partial charge >= 0.3 is 0 Å². The molecule has 3 heterocycles. The molecule has 0 amide bonds. The lowest BCUT2D eigenvalue weighted by Crippen LogP contribution is -2.45. The van der Waals surface area contributed by atoms with Crippen LogP contribution in [0, 0.1) is 0 Å². The summed E-state index contributed by atoms with van der Waals surface area (Å²) in [5.74, 6) is 0. The average molecular weight is 271 g/mol. The fourth-order valence-electron chi connectivity index (χ4n) is 2.82. The number of nitrogens with zero attached hydrogens (tertiary/aromatic N) is 4. The Kier molecular flexibility index (Phi) is 4.08. The van der Waals surface area contributed by atoms with Gasteiger partial charge in [0, 0.05) is 57.4 Å². The summed E-state index contributed by atoms with van der Waals surface area (Å²) >= 11 is 0. The van der Waals surface area contributed by atoms with Crippen LogP contribution in [0.25, 0.3) is 0 Å². The lowest BCUT2D eigenvalue weighted by molar-refractivity contribution is 0.149. The molecule has 1 fully saturated rings. The lowest BCUT2D eigenvalue weighted by atomic mass is 10.1. The molecule has 1 atom stereocenters. The van der Waals surface area contributed by atoms with Crippen molar-refractivity contribution in [3.63, 3.8) is 0 Å². The molecule has 106 valence electrons. The van der Waals surface area contributed by atoms with Gasteiger partial charge < -0.3 is 5.32 Å². The van der Waals surface area contributed by atoms with Crippen molar-refractivity contribution in [2.45, 2.75) is 26.1 Å². The Hall–Kier alpha value is -1.72. The van der Waals surface area contributed by atoms with E-state index in [2.05, 4.69) is 44.0 Å². The maximum absolute atomic E-state index is 4.36. The van der Waals surface area contributed by atoms with Crippen LogP contribution in [0.15, 0.2) is 36.8 Å². The predicted molar refractivity (Wildman–Crippen MR) is 78.2 cm³/mol. The van der Waals surface area contributed by atoms with Gasteiger partial charge in [-0.2, -0.15) is 5.10 Å². The SMILES string of the molecule is CCn1nccc1CN1CCNCC1c1cccnc1. The highest BCUT2D eigenvalue weighted by Crippen LogP contribution is 2.23. The largest absolute Gasteiger partial charge is 0.314 e. The van der Waals surface area contributed by atoms with Gasteiger partial charge in [0.05, 0.1) is 5.69 Å². The van der Waals surface area contributed by atoms with Crippen LogP contribution in [0.3, 0.4) is 0 Å². The molecule has 3 rings (SSSR count). The predicted octanol–water partition coefficient (Wildman–Crippen LogP) is 1.44. The molecule has 1 saturated heterocycles. The summed E-state index contributed by atoms with van der Waals surface area (Å²) in [7, 11) is 0. The van der Waals surface area contributed by atoms with E-state index in [1.54, 1.807) is 0 Å². The molecule has 1 aliphatic rings. The minimum absolute atomic E-state index is 0.387. The first-order chi connectivity index (χ1) is 9.88. The molecule has 0 spiro atoms. The molecular formula is C15H21N5. The van der Waals surface area contributed by atoms with Crippen LogP contribution in [0.1, 0.15) is 24.2 Å². The van der Waals surface area contributed by atoms with E-state index in [9.17, 15) is 0 Å². The molecule has 5 nitrogen and oxygen atoms in total. The molecule has 0 aromatic carbocycles. The summed E-state index contributed by atoms with van der Waals surface area (Å²) in [5, 5.41) is 7.84. The highest BCUT2D eigenvalue weighted by Gasteiger charge is 2.24. The minimum atomic E-state index is 0.387. The number of pyridine rings is 1. The summed E-state index contributed by atoms with van der Waals surface area (Å²) in [6.45, 7) is 7.06. The van der Waals surface area contributed by atoms with Gasteiger partial charge in [-0.05, 0) is 24.6 Å². The Morgan fingerprint density at radius 2 is 2.30 bits per heavy atom. The number of hydrogen-bond donors (Lipinski definition) is 1. The molecule has 20 heavy (non-hydrogen) atoms. The third-order valence-electron chi connectivity index (χ3n) is 3.89. The molecule has 1 unspecified atom stereocenters. The highest BCUT2D eigenvalue weighted by molar-refractivity contribution is 5.16. The zero-order chi connectivity index (χ0) is 13.8. The van der Waals surface area contributed by atoms with Crippen molar-refractivity contribution in [3.8, 4) is 0 Å². The van der Waals surface area contributed by atoms with Gasteiger partial charge in [0.2, 0.25) is 0 Å². The standard InChI is InChI=1S/C15H21N5/c1-2-20-14(5-7-18-20)12-19-9-8-17-11-15(19)13-4-3-6-16-10-13/h3-7,10,15,17H,2,8-9,11-12H2,1H3. The zero-order valence-corrected chi connectivity index (χ0v) is 11.9. The monoisotopic (exact) mass is 271 g/mol. The smallest absolute Gasteiger partial charge is 0.0524 e. The molecule has 1 N–H and O–H groups in total. The summed E-state index contributed by atoms with van der Waals surface area (Å²) in [4.78, 5) is 6.76. The van der Waals surface area contributed by atoms with Gasteiger partial charge in [-0.15, -0.1) is 0 Å². The normalized spacial score (nSPS) is 20.1. The quantitative estimate of drug-likeness (QED) is 0.914. The number of piperazine rings is 1. The number of rotatable bonds is 4. The van der Waals surface area contributed by atoms with Crippen molar-refractivity contribution in [2.24, 2.45) is 0 Å². The fraction of sp³-hybridized carbons (Fsp3) is 0.467. The van der Waals surface area contributed by atoms with E-state index in [1.807, 2.05) is 24.7 Å². The Morgan fingerprint density at radius 3 is 3.10 bits per heavy atom. The van der Waals surface area contributed by atoms with Crippen LogP contribution in [0.5, 0.6) is 0 Å². The van der Waals surface area contributed by atoms with E-state index < -0.39 is 0 Å². The topological polar surface area (TPSA) is 46.0 Å². The molecule has 0 bridgehead atoms. The van der Waals surface area contributed by atoms with Gasteiger partial charge in [0.15, 0.2) is 0 Å². The summed E-state index contributed by atoms with van der Waals surface area (Å²) in [6.07, 6.45) is 5.69. The third-order valence-corrected chi connectivity index (χ3v) is 3.89. The lowest BCUT2D eigenvalue weighted by Gasteiger charge is -2.36. The summed E-state index contributed by atoms with van der Waals surface area (Å²) in [6, 6.07) is 6.68. The van der Waals surface area contributed by atoms with E-state index in [0.29, 0.717) is 6.04 Å². The minimum Gasteiger partial charge on any atom is -0.314 e. The van der Waals surface area contributed by atoms with Crippen LogP contribution < -0.4 is 5.32 Å². The van der Waals surface area contributed by atoms with Gasteiger partial charge in [-0.1, -0.05) is 6.07 Å². The van der Waals surface area contributed by atoms with Crippen molar-refractivity contribution in [2.75, 3.05) is 19.6 Å². The van der Waals surface area contributed by atoms with Crippen molar-refractivity contribution in [1.29, 1.82) is 0 Å². The fourth-order valence-corrected chi connectivity index (χ4v) is 2.82. The van der Waals surface area contributed by atoms with E-state index in [4.69, 9.17) is 0 Å². The van der Waals surface area contributed by atoms with Gasteiger partial charge in [-0.3, -0.25) is 14.6 Å². The summed E-state index contributed by atoms with van der Waals surface area (Å²) in [5.41, 5.74) is 2.56. The van der Waals surface area contributed by atoms with Crippen LogP contribution in [-0.2, 0) is 13.1 Å². The van der Waals surface area contributed by atoms with Crippen molar-refractivity contribution < 1.29 is 0 Å². The molecule has 2 aromatic rings. The number of aromatic nitrogens is 3. The van der Waals surface area contributed by atoms with E-state index >= 15 is 0 Å². The van der Waals surface area contributed by atoms with Crippen LogP contribution in [-0.4, -0.2) is 39.3 Å². The first-order valence-electron chi connectivity index (χ1n) is 7.24. The molecular weight excluding hydrogens is 250 g/mol. The van der Waals surface area contributed by atoms with E-state index in [0.717, 1.165) is 32.7 Å². The van der Waals surface area contributed by atoms with Gasteiger partial charge in [0.25, 0.3) is 0 Å². The number of nitrogens with one attached hydrogen (secondary N) is 1. The Balaban J connectivity index is 1.79. The molecule has 5 heteroatoms. The molecule has 0 aliphatic carbocycles. The first kappa shape index (κ1) is 13.3. The number of aryl methyl sites for hydroxylation is 1. The highest BCUT2D eigenvalue weighted by atomic mass is 15.3. The second kappa shape index (κ2) is 6.15. The maximum atomic E-state index is 4.36. The third kappa shape index (κ3) is 2.73. The van der Waals surface area contributed by atoms with Crippen LogP contribution >= 0.6 is 0 Å². The van der Waals surface area contributed by atoms with Gasteiger partial charge in [-0.25, -0.2) is 0 Å². The second-order valence-corrected chi connectivity index (χ2v) is 5.12. The van der Waals surface area contributed by atoms with Crippen LogP contribution in [0.2, 0.25) is 0 Å². The average Bonchev–Trinajstić information content (AvgIpc) is 2.96. The van der Waals surface area contributed by atoms with Gasteiger partial charge in [0.1, 0.15) is 0 Å².